The van der Waals surface area contributed by atoms with Crippen molar-refractivity contribution < 1.29 is 0 Å². The molecule has 1 heterocycles. The quantitative estimate of drug-likeness (QED) is 0.481. The van der Waals surface area contributed by atoms with Gasteiger partial charge in [0, 0.05) is 18.3 Å². The molecule has 0 fully saturated rings. The van der Waals surface area contributed by atoms with Gasteiger partial charge in [0.2, 0.25) is 0 Å². The van der Waals surface area contributed by atoms with Crippen LogP contribution in [0.4, 0.5) is 0 Å². The van der Waals surface area contributed by atoms with Crippen LogP contribution in [0.3, 0.4) is 0 Å². The molecule has 1 nitrogen and oxygen atoms in total. The summed E-state index contributed by atoms with van der Waals surface area (Å²) in [5.74, 6) is 0.841. The van der Waals surface area contributed by atoms with Crippen molar-refractivity contribution in [2.24, 2.45) is 0 Å². The van der Waals surface area contributed by atoms with Gasteiger partial charge in [0.1, 0.15) is 0 Å². The molecule has 2 heteroatoms. The predicted octanol–water partition coefficient (Wildman–Crippen LogP) is 5.06. The highest BCUT2D eigenvalue weighted by Crippen LogP contribution is 2.06. The molecule has 0 aliphatic heterocycles. The number of halogens is 1. The van der Waals surface area contributed by atoms with Gasteiger partial charge in [-0.25, -0.2) is 0 Å². The molecule has 0 unspecified atom stereocenters. The van der Waals surface area contributed by atoms with E-state index in [0.29, 0.717) is 0 Å². The lowest BCUT2D eigenvalue weighted by molar-refractivity contribution is 0.603. The van der Waals surface area contributed by atoms with E-state index in [0.717, 1.165) is 5.88 Å². The highest BCUT2D eigenvalue weighted by molar-refractivity contribution is 6.17. The Labute approximate surface area is 105 Å². The Morgan fingerprint density at radius 2 is 1.38 bits per heavy atom. The second kappa shape index (κ2) is 14.4. The van der Waals surface area contributed by atoms with E-state index in [1.54, 1.807) is 12.4 Å². The summed E-state index contributed by atoms with van der Waals surface area (Å²) in [5, 5.41) is 0. The molecule has 0 amide bonds. The van der Waals surface area contributed by atoms with Crippen LogP contribution in [0, 0.1) is 0 Å². The molecule has 1 rings (SSSR count). The molecule has 0 aromatic carbocycles. The largest absolute Gasteiger partial charge is 0.265 e. The van der Waals surface area contributed by atoms with Crippen molar-refractivity contribution in [2.75, 3.05) is 5.88 Å². The summed E-state index contributed by atoms with van der Waals surface area (Å²) >= 11 is 5.54. The Bertz CT molecular complexity index is 166. The first-order valence-corrected chi connectivity index (χ1v) is 6.86. The smallest absolute Gasteiger partial charge is 0.0267 e. The molecule has 0 aliphatic carbocycles. The second-order valence-corrected chi connectivity index (χ2v) is 4.21. The molecule has 0 saturated carbocycles. The Kier molecular flexibility index (Phi) is 13.9. The van der Waals surface area contributed by atoms with E-state index < -0.39 is 0 Å². The third kappa shape index (κ3) is 13.4. The first-order valence-electron chi connectivity index (χ1n) is 6.32. The van der Waals surface area contributed by atoms with Gasteiger partial charge < -0.3 is 0 Å². The normalized spacial score (nSPS) is 9.38. The molecule has 0 N–H and O–H groups in total. The summed E-state index contributed by atoms with van der Waals surface area (Å²) in [4.78, 5) is 3.78. The van der Waals surface area contributed by atoms with E-state index in [-0.39, 0.29) is 0 Å². The second-order valence-electron chi connectivity index (χ2n) is 3.83. The lowest BCUT2D eigenvalue weighted by Crippen LogP contribution is -1.79. The summed E-state index contributed by atoms with van der Waals surface area (Å²) in [5.41, 5.74) is 0. The van der Waals surface area contributed by atoms with E-state index in [1.165, 1.54) is 44.9 Å². The molecule has 92 valence electrons. The fourth-order valence-electron chi connectivity index (χ4n) is 1.36. The Hall–Kier alpha value is -0.560. The minimum Gasteiger partial charge on any atom is -0.265 e. The minimum atomic E-state index is 0.841. The van der Waals surface area contributed by atoms with Crippen LogP contribution in [-0.4, -0.2) is 10.9 Å². The highest BCUT2D eigenvalue weighted by atomic mass is 35.5. The van der Waals surface area contributed by atoms with Crippen molar-refractivity contribution in [1.82, 2.24) is 4.98 Å². The van der Waals surface area contributed by atoms with Crippen molar-refractivity contribution in [3.05, 3.63) is 30.6 Å². The van der Waals surface area contributed by atoms with Gasteiger partial charge in [-0.15, -0.1) is 11.6 Å². The zero-order chi connectivity index (χ0) is 11.9. The van der Waals surface area contributed by atoms with Gasteiger partial charge in [-0.2, -0.15) is 0 Å². The third-order valence-electron chi connectivity index (χ3n) is 2.30. The average Bonchev–Trinajstić information content (AvgIpc) is 2.37. The maximum absolute atomic E-state index is 5.54. The van der Waals surface area contributed by atoms with Gasteiger partial charge in [0.05, 0.1) is 0 Å². The third-order valence-corrected chi connectivity index (χ3v) is 2.57. The Balaban J connectivity index is 0.000000315. The zero-order valence-electron chi connectivity index (χ0n) is 10.4. The number of hydrogen-bond acceptors (Lipinski definition) is 1. The van der Waals surface area contributed by atoms with Gasteiger partial charge in [-0.3, -0.25) is 4.98 Å². The molecule has 0 saturated heterocycles. The van der Waals surface area contributed by atoms with Crippen LogP contribution >= 0.6 is 11.6 Å². The van der Waals surface area contributed by atoms with E-state index in [4.69, 9.17) is 11.6 Å². The van der Waals surface area contributed by atoms with Crippen LogP contribution in [0.1, 0.15) is 51.9 Å². The van der Waals surface area contributed by atoms with Crippen LogP contribution in [0.2, 0.25) is 0 Å². The molecule has 0 aliphatic rings. The standard InChI is InChI=1S/C9H19Cl.C5H5N/c1-2-3-4-5-6-7-8-9-10;1-2-4-6-5-3-1/h2-9H2,1H3;1-5H. The summed E-state index contributed by atoms with van der Waals surface area (Å²) < 4.78 is 0. The molecular formula is C14H24ClN. The van der Waals surface area contributed by atoms with Crippen molar-refractivity contribution in [3.8, 4) is 0 Å². The Morgan fingerprint density at radius 3 is 1.75 bits per heavy atom. The maximum Gasteiger partial charge on any atom is 0.0267 e. The van der Waals surface area contributed by atoms with Gasteiger partial charge in [0.15, 0.2) is 0 Å². The SMILES string of the molecule is CCCCCCCCCCl.c1ccncc1. The van der Waals surface area contributed by atoms with Gasteiger partial charge in [0.25, 0.3) is 0 Å². The zero-order valence-corrected chi connectivity index (χ0v) is 11.1. The van der Waals surface area contributed by atoms with Crippen molar-refractivity contribution in [2.45, 2.75) is 51.9 Å². The van der Waals surface area contributed by atoms with Crippen LogP contribution in [-0.2, 0) is 0 Å². The van der Waals surface area contributed by atoms with E-state index in [2.05, 4.69) is 11.9 Å². The van der Waals surface area contributed by atoms with Crippen LogP contribution in [0.15, 0.2) is 30.6 Å². The van der Waals surface area contributed by atoms with Crippen LogP contribution in [0.5, 0.6) is 0 Å². The average molecular weight is 242 g/mol. The van der Waals surface area contributed by atoms with E-state index in [9.17, 15) is 0 Å². The molecule has 0 radical (unpaired) electrons. The molecule has 1 aromatic rings. The molecule has 1 aromatic heterocycles. The molecule has 16 heavy (non-hydrogen) atoms. The molecule has 0 spiro atoms. The maximum atomic E-state index is 5.54. The number of nitrogens with zero attached hydrogens (tertiary/aromatic N) is 1. The molecular weight excluding hydrogens is 218 g/mol. The van der Waals surface area contributed by atoms with Crippen molar-refractivity contribution in [1.29, 1.82) is 0 Å². The van der Waals surface area contributed by atoms with E-state index in [1.807, 2.05) is 18.2 Å². The monoisotopic (exact) mass is 241 g/mol. The molecule has 0 bridgehead atoms. The van der Waals surface area contributed by atoms with Crippen LogP contribution < -0.4 is 0 Å². The summed E-state index contributed by atoms with van der Waals surface area (Å²) in [6.45, 7) is 2.25. The number of pyridine rings is 1. The first-order chi connectivity index (χ1) is 7.91. The van der Waals surface area contributed by atoms with Gasteiger partial charge in [-0.05, 0) is 18.6 Å². The number of rotatable bonds is 7. The number of unbranched alkanes of at least 4 members (excludes halogenated alkanes) is 6. The predicted molar refractivity (Wildman–Crippen MR) is 73.0 cm³/mol. The number of hydrogen-bond donors (Lipinski definition) is 0. The Morgan fingerprint density at radius 1 is 0.812 bits per heavy atom. The fourth-order valence-corrected chi connectivity index (χ4v) is 1.55. The first kappa shape index (κ1) is 15.4. The highest BCUT2D eigenvalue weighted by Gasteiger charge is 1.88. The molecule has 0 atom stereocenters. The number of aromatic nitrogens is 1. The number of alkyl halides is 1. The fraction of sp³-hybridized carbons (Fsp3) is 0.643. The van der Waals surface area contributed by atoms with Crippen LogP contribution in [0.25, 0.3) is 0 Å². The van der Waals surface area contributed by atoms with E-state index >= 15 is 0 Å². The lowest BCUT2D eigenvalue weighted by atomic mass is 10.1. The van der Waals surface area contributed by atoms with Gasteiger partial charge in [-0.1, -0.05) is 51.5 Å². The minimum absolute atomic E-state index is 0.841. The van der Waals surface area contributed by atoms with Gasteiger partial charge >= 0.3 is 0 Å². The van der Waals surface area contributed by atoms with Crippen molar-refractivity contribution in [3.63, 3.8) is 0 Å². The summed E-state index contributed by atoms with van der Waals surface area (Å²) in [6, 6.07) is 5.72. The summed E-state index contributed by atoms with van der Waals surface area (Å²) in [6.07, 6.45) is 13.0. The van der Waals surface area contributed by atoms with Crippen molar-refractivity contribution >= 4 is 11.6 Å². The topological polar surface area (TPSA) is 12.9 Å². The lowest BCUT2D eigenvalue weighted by Gasteiger charge is -1.97. The summed E-state index contributed by atoms with van der Waals surface area (Å²) in [7, 11) is 0.